The van der Waals surface area contributed by atoms with Gasteiger partial charge in [-0.05, 0) is 5.92 Å². The van der Waals surface area contributed by atoms with E-state index in [1.165, 1.54) is 21.3 Å². The molecule has 172 valence electrons. The molecule has 9 nitrogen and oxygen atoms in total. The lowest BCUT2D eigenvalue weighted by molar-refractivity contribution is -0.589. The van der Waals surface area contributed by atoms with E-state index in [0.717, 1.165) is 0 Å². The minimum Gasteiger partial charge on any atom is -0.468 e. The Morgan fingerprint density at radius 3 is 1.63 bits per heavy atom. The largest absolute Gasteiger partial charge is 0.468 e. The summed E-state index contributed by atoms with van der Waals surface area (Å²) >= 11 is 0. The molecule has 0 saturated carbocycles. The number of carbonyl (C=O) groups is 3. The molecule has 30 heavy (non-hydrogen) atoms. The van der Waals surface area contributed by atoms with Crippen LogP contribution in [0.3, 0.4) is 0 Å². The van der Waals surface area contributed by atoms with E-state index in [0.29, 0.717) is 13.3 Å². The van der Waals surface area contributed by atoms with Gasteiger partial charge in [-0.1, -0.05) is 41.5 Å². The van der Waals surface area contributed by atoms with E-state index in [-0.39, 0.29) is 35.7 Å². The van der Waals surface area contributed by atoms with Crippen LogP contribution in [0.2, 0.25) is 0 Å². The summed E-state index contributed by atoms with van der Waals surface area (Å²) < 4.78 is 16.9. The van der Waals surface area contributed by atoms with Gasteiger partial charge in [0.2, 0.25) is 6.34 Å². The van der Waals surface area contributed by atoms with Gasteiger partial charge in [0, 0.05) is 11.8 Å². The van der Waals surface area contributed by atoms with Gasteiger partial charge in [-0.3, -0.25) is 4.79 Å². The molecule has 0 amide bonds. The third kappa shape index (κ3) is 5.93. The van der Waals surface area contributed by atoms with Crippen LogP contribution in [0.25, 0.3) is 0 Å². The topological polar surface area (TPSA) is 88.4 Å². The molecular formula is C21H38N3O6+. The highest BCUT2D eigenvalue weighted by molar-refractivity contribution is 5.80. The SMILES string of the molecule is COC(=O)[C@H](C(C)C)N1C=[N+]([C@H](C(=O)OC)C(C)C)CN([C@H](C(=O)OC)C(C)C)C1. The molecule has 0 N–H and O–H groups in total. The van der Waals surface area contributed by atoms with Crippen LogP contribution in [0.5, 0.6) is 0 Å². The van der Waals surface area contributed by atoms with E-state index >= 15 is 0 Å². The molecule has 1 heterocycles. The standard InChI is InChI=1S/C21H38N3O6/c1-13(2)16(19(25)28-7)22-10-23(17(14(3)4)20(26)29-8)12-24(11-22)18(15(5)6)21(27)30-9/h10,13-18H,11-12H2,1-9H3/q+1/t16-,17-,18-/m0/s1. The van der Waals surface area contributed by atoms with Crippen molar-refractivity contribution in [3.05, 3.63) is 0 Å². The Morgan fingerprint density at radius 1 is 0.767 bits per heavy atom. The zero-order valence-corrected chi connectivity index (χ0v) is 19.7. The highest BCUT2D eigenvalue weighted by Gasteiger charge is 2.44. The average molecular weight is 429 g/mol. The molecule has 0 unspecified atom stereocenters. The summed E-state index contributed by atoms with van der Waals surface area (Å²) in [4.78, 5) is 41.4. The summed E-state index contributed by atoms with van der Waals surface area (Å²) in [5.74, 6) is -1.25. The Morgan fingerprint density at radius 2 is 1.23 bits per heavy atom. The van der Waals surface area contributed by atoms with Crippen LogP contribution in [0.4, 0.5) is 0 Å². The average Bonchev–Trinajstić information content (AvgIpc) is 2.66. The molecule has 0 fully saturated rings. The highest BCUT2D eigenvalue weighted by atomic mass is 16.5. The second-order valence-electron chi connectivity index (χ2n) is 8.65. The predicted octanol–water partition coefficient (Wildman–Crippen LogP) is 1.15. The summed E-state index contributed by atoms with van der Waals surface area (Å²) in [5, 5.41) is 0. The quantitative estimate of drug-likeness (QED) is 0.307. The van der Waals surface area contributed by atoms with Crippen LogP contribution in [-0.4, -0.2) is 91.4 Å². The number of esters is 3. The maximum absolute atomic E-state index is 12.6. The van der Waals surface area contributed by atoms with Crippen molar-refractivity contribution in [3.63, 3.8) is 0 Å². The van der Waals surface area contributed by atoms with Crippen LogP contribution < -0.4 is 0 Å². The number of carbonyl (C=O) groups excluding carboxylic acids is 3. The molecule has 0 aromatic rings. The molecule has 0 aromatic heterocycles. The molecule has 0 spiro atoms. The summed E-state index contributed by atoms with van der Waals surface area (Å²) in [6.07, 6.45) is 1.79. The Bertz CT molecular complexity index is 647. The van der Waals surface area contributed by atoms with Crippen molar-refractivity contribution in [3.8, 4) is 0 Å². The van der Waals surface area contributed by atoms with Gasteiger partial charge in [0.1, 0.15) is 19.4 Å². The normalized spacial score (nSPS) is 18.1. The molecule has 1 rings (SSSR count). The first-order valence-electron chi connectivity index (χ1n) is 10.3. The van der Waals surface area contributed by atoms with Gasteiger partial charge in [-0.2, -0.15) is 0 Å². The van der Waals surface area contributed by atoms with Crippen LogP contribution in [0.15, 0.2) is 0 Å². The monoisotopic (exact) mass is 428 g/mol. The Balaban J connectivity index is 3.52. The van der Waals surface area contributed by atoms with Crippen molar-refractivity contribution >= 4 is 24.2 Å². The predicted molar refractivity (Wildman–Crippen MR) is 112 cm³/mol. The number of rotatable bonds is 9. The summed E-state index contributed by atoms with van der Waals surface area (Å²) in [6, 6.07) is -1.68. The number of nitrogens with zero attached hydrogens (tertiary/aromatic N) is 3. The third-order valence-electron chi connectivity index (χ3n) is 5.32. The van der Waals surface area contributed by atoms with Gasteiger partial charge in [0.15, 0.2) is 12.1 Å². The summed E-state index contributed by atoms with van der Waals surface area (Å²) in [5.41, 5.74) is 0. The van der Waals surface area contributed by atoms with E-state index in [2.05, 4.69) is 0 Å². The van der Waals surface area contributed by atoms with Crippen LogP contribution in [-0.2, 0) is 28.6 Å². The van der Waals surface area contributed by atoms with E-state index in [9.17, 15) is 14.4 Å². The fourth-order valence-electron chi connectivity index (χ4n) is 4.01. The van der Waals surface area contributed by atoms with E-state index in [1.807, 2.05) is 55.9 Å². The Hall–Kier alpha value is -2.16. The molecule has 0 radical (unpaired) electrons. The van der Waals surface area contributed by atoms with Crippen molar-refractivity contribution < 1.29 is 33.2 Å². The molecular weight excluding hydrogens is 390 g/mol. The first kappa shape index (κ1) is 25.9. The minimum absolute atomic E-state index is 0.0366. The number of methoxy groups -OCH3 is 3. The van der Waals surface area contributed by atoms with Gasteiger partial charge in [0.25, 0.3) is 0 Å². The first-order chi connectivity index (χ1) is 14.0. The minimum atomic E-state index is -0.573. The summed E-state index contributed by atoms with van der Waals surface area (Å²) in [6.45, 7) is 12.2. The number of ether oxygens (including phenoxy) is 3. The van der Waals surface area contributed by atoms with Gasteiger partial charge in [-0.25, -0.2) is 24.0 Å². The van der Waals surface area contributed by atoms with E-state index in [1.54, 1.807) is 6.34 Å². The molecule has 1 aliphatic rings. The lowest BCUT2D eigenvalue weighted by Crippen LogP contribution is -2.62. The fourth-order valence-corrected chi connectivity index (χ4v) is 4.01. The summed E-state index contributed by atoms with van der Waals surface area (Å²) in [7, 11) is 4.07. The molecule has 0 aliphatic carbocycles. The molecule has 0 bridgehead atoms. The van der Waals surface area contributed by atoms with Crippen molar-refractivity contribution in [2.75, 3.05) is 34.7 Å². The number of hydrogen-bond acceptors (Lipinski definition) is 8. The van der Waals surface area contributed by atoms with Gasteiger partial charge >= 0.3 is 17.9 Å². The number of hydrogen-bond donors (Lipinski definition) is 0. The maximum Gasteiger partial charge on any atom is 0.351 e. The molecule has 3 atom stereocenters. The Kier molecular flexibility index (Phi) is 9.74. The lowest BCUT2D eigenvalue weighted by Gasteiger charge is -2.40. The first-order valence-corrected chi connectivity index (χ1v) is 10.3. The van der Waals surface area contributed by atoms with E-state index in [4.69, 9.17) is 14.2 Å². The molecule has 0 aromatic carbocycles. The van der Waals surface area contributed by atoms with Crippen molar-refractivity contribution in [1.82, 2.24) is 9.80 Å². The maximum atomic E-state index is 12.6. The van der Waals surface area contributed by atoms with Crippen molar-refractivity contribution in [1.29, 1.82) is 0 Å². The third-order valence-corrected chi connectivity index (χ3v) is 5.32. The van der Waals surface area contributed by atoms with Crippen LogP contribution in [0, 0.1) is 17.8 Å². The van der Waals surface area contributed by atoms with Crippen molar-refractivity contribution in [2.45, 2.75) is 59.7 Å². The van der Waals surface area contributed by atoms with Crippen molar-refractivity contribution in [2.24, 2.45) is 17.8 Å². The molecule has 9 heteroatoms. The van der Waals surface area contributed by atoms with E-state index < -0.39 is 18.1 Å². The highest BCUT2D eigenvalue weighted by Crippen LogP contribution is 2.22. The Labute approximate surface area is 179 Å². The molecule has 1 aliphatic heterocycles. The lowest BCUT2D eigenvalue weighted by atomic mass is 10.0. The van der Waals surface area contributed by atoms with Gasteiger partial charge in [0.05, 0.1) is 21.3 Å². The fraction of sp³-hybridized carbons (Fsp3) is 0.810. The smallest absolute Gasteiger partial charge is 0.351 e. The second kappa shape index (κ2) is 11.3. The zero-order valence-electron chi connectivity index (χ0n) is 19.7. The van der Waals surface area contributed by atoms with Crippen LogP contribution >= 0.6 is 0 Å². The van der Waals surface area contributed by atoms with Gasteiger partial charge in [-0.15, -0.1) is 0 Å². The molecule has 0 saturated heterocycles. The zero-order chi connectivity index (χ0) is 23.2. The van der Waals surface area contributed by atoms with Crippen LogP contribution in [0.1, 0.15) is 41.5 Å². The second-order valence-corrected chi connectivity index (χ2v) is 8.65. The van der Waals surface area contributed by atoms with Gasteiger partial charge < -0.3 is 14.2 Å².